The van der Waals surface area contributed by atoms with Gasteiger partial charge in [-0.05, 0) is 37.6 Å². The van der Waals surface area contributed by atoms with E-state index in [1.54, 1.807) is 17.4 Å². The van der Waals surface area contributed by atoms with Crippen molar-refractivity contribution in [2.24, 2.45) is 4.99 Å². The number of likely N-dealkylation sites (N-methyl/N-ethyl adjacent to an activating group) is 1. The number of thiophene rings is 1. The Labute approximate surface area is 158 Å². The van der Waals surface area contributed by atoms with Crippen molar-refractivity contribution in [3.05, 3.63) is 40.0 Å². The van der Waals surface area contributed by atoms with E-state index < -0.39 is 0 Å². The van der Waals surface area contributed by atoms with Crippen molar-refractivity contribution in [2.75, 3.05) is 38.5 Å². The Bertz CT molecular complexity index is 863. The SMILES string of the molecule is Cc1sc2c(c1C(C)C)C(N1CCN(C)CC1)=Nc1cc(F)ccc1N2. The number of anilines is 2. The summed E-state index contributed by atoms with van der Waals surface area (Å²) in [7, 11) is 2.15. The van der Waals surface area contributed by atoms with Crippen molar-refractivity contribution in [2.45, 2.75) is 26.7 Å². The number of halogens is 1. The fourth-order valence-electron chi connectivity index (χ4n) is 3.81. The quantitative estimate of drug-likeness (QED) is 0.787. The van der Waals surface area contributed by atoms with Gasteiger partial charge in [0, 0.05) is 37.1 Å². The monoisotopic (exact) mass is 372 g/mol. The van der Waals surface area contributed by atoms with E-state index in [1.165, 1.54) is 28.1 Å². The first-order valence-corrected chi connectivity index (χ1v) is 9.98. The lowest BCUT2D eigenvalue weighted by Gasteiger charge is -2.35. The first kappa shape index (κ1) is 17.5. The lowest BCUT2D eigenvalue weighted by molar-refractivity contribution is 0.216. The normalized spacial score (nSPS) is 17.5. The van der Waals surface area contributed by atoms with Crippen LogP contribution >= 0.6 is 11.3 Å². The minimum Gasteiger partial charge on any atom is -0.353 e. The summed E-state index contributed by atoms with van der Waals surface area (Å²) in [5.74, 6) is 1.14. The van der Waals surface area contributed by atoms with Crippen LogP contribution in [0.4, 0.5) is 20.8 Å². The van der Waals surface area contributed by atoms with Gasteiger partial charge in [-0.2, -0.15) is 0 Å². The zero-order valence-electron chi connectivity index (χ0n) is 15.8. The van der Waals surface area contributed by atoms with Crippen LogP contribution in [0, 0.1) is 12.7 Å². The molecule has 0 unspecified atom stereocenters. The topological polar surface area (TPSA) is 30.9 Å². The number of rotatable bonds is 1. The zero-order chi connectivity index (χ0) is 18.4. The van der Waals surface area contributed by atoms with Gasteiger partial charge in [0.2, 0.25) is 0 Å². The van der Waals surface area contributed by atoms with E-state index in [1.807, 2.05) is 0 Å². The van der Waals surface area contributed by atoms with Crippen LogP contribution in [0.5, 0.6) is 0 Å². The maximum absolute atomic E-state index is 13.9. The van der Waals surface area contributed by atoms with Crippen LogP contribution in [0.1, 0.15) is 35.8 Å². The average molecular weight is 373 g/mol. The first-order valence-electron chi connectivity index (χ1n) is 9.16. The molecular weight excluding hydrogens is 347 g/mol. The predicted octanol–water partition coefficient (Wildman–Crippen LogP) is 4.70. The molecule has 6 heteroatoms. The highest BCUT2D eigenvalue weighted by Crippen LogP contribution is 2.44. The van der Waals surface area contributed by atoms with Crippen LogP contribution in [0.15, 0.2) is 23.2 Å². The molecule has 2 aliphatic heterocycles. The molecular formula is C20H25FN4S. The van der Waals surface area contributed by atoms with Crippen molar-refractivity contribution in [1.82, 2.24) is 9.80 Å². The molecule has 1 fully saturated rings. The Hall–Kier alpha value is -1.92. The number of amidine groups is 1. The molecule has 138 valence electrons. The number of piperazine rings is 1. The number of benzene rings is 1. The zero-order valence-corrected chi connectivity index (χ0v) is 16.6. The third kappa shape index (κ3) is 3.01. The molecule has 0 atom stereocenters. The van der Waals surface area contributed by atoms with Crippen LogP contribution in [0.2, 0.25) is 0 Å². The Morgan fingerprint density at radius 1 is 1.19 bits per heavy atom. The van der Waals surface area contributed by atoms with Crippen LogP contribution in [0.3, 0.4) is 0 Å². The Morgan fingerprint density at radius 2 is 1.92 bits per heavy atom. The van der Waals surface area contributed by atoms with Gasteiger partial charge in [-0.15, -0.1) is 11.3 Å². The third-order valence-electron chi connectivity index (χ3n) is 5.17. The molecule has 4 nitrogen and oxygen atoms in total. The van der Waals surface area contributed by atoms with Gasteiger partial charge < -0.3 is 15.1 Å². The van der Waals surface area contributed by atoms with Gasteiger partial charge in [0.25, 0.3) is 0 Å². The van der Waals surface area contributed by atoms with Crippen LogP contribution < -0.4 is 5.32 Å². The van der Waals surface area contributed by atoms with Gasteiger partial charge in [-0.25, -0.2) is 9.38 Å². The van der Waals surface area contributed by atoms with E-state index in [-0.39, 0.29) is 5.82 Å². The molecule has 1 aromatic heterocycles. The fraction of sp³-hybridized carbons (Fsp3) is 0.450. The molecule has 2 aromatic rings. The predicted molar refractivity (Wildman–Crippen MR) is 108 cm³/mol. The van der Waals surface area contributed by atoms with Crippen molar-refractivity contribution in [3.63, 3.8) is 0 Å². The van der Waals surface area contributed by atoms with E-state index >= 15 is 0 Å². The van der Waals surface area contributed by atoms with Gasteiger partial charge in [-0.3, -0.25) is 0 Å². The standard InChI is InChI=1S/C20H25FN4S/c1-12(2)17-13(3)26-20-18(17)19(25-9-7-24(4)8-10-25)22-16-11-14(21)5-6-15(16)23-20/h5-6,11-12,23H,7-10H2,1-4H3. The third-order valence-corrected chi connectivity index (χ3v) is 6.21. The van der Waals surface area contributed by atoms with Gasteiger partial charge in [-0.1, -0.05) is 13.8 Å². The van der Waals surface area contributed by atoms with Gasteiger partial charge in [0.05, 0.1) is 16.9 Å². The second kappa shape index (κ2) is 6.67. The number of nitrogens with zero attached hydrogens (tertiary/aromatic N) is 3. The van der Waals surface area contributed by atoms with Gasteiger partial charge in [0.1, 0.15) is 16.7 Å². The minimum atomic E-state index is -0.252. The first-order chi connectivity index (χ1) is 12.4. The average Bonchev–Trinajstić information content (AvgIpc) is 2.83. The molecule has 0 saturated carbocycles. The molecule has 0 amide bonds. The summed E-state index contributed by atoms with van der Waals surface area (Å²) in [5, 5.41) is 4.64. The summed E-state index contributed by atoms with van der Waals surface area (Å²) in [4.78, 5) is 11.0. The fourth-order valence-corrected chi connectivity index (χ4v) is 5.02. The molecule has 4 rings (SSSR count). The number of hydrogen-bond donors (Lipinski definition) is 1. The van der Waals surface area contributed by atoms with E-state index in [9.17, 15) is 4.39 Å². The van der Waals surface area contributed by atoms with Gasteiger partial charge in [0.15, 0.2) is 0 Å². The summed E-state index contributed by atoms with van der Waals surface area (Å²) in [6.07, 6.45) is 0. The van der Waals surface area contributed by atoms with Crippen molar-refractivity contribution in [1.29, 1.82) is 0 Å². The van der Waals surface area contributed by atoms with Crippen LogP contribution in [0.25, 0.3) is 0 Å². The number of fused-ring (bicyclic) bond motifs is 2. The lowest BCUT2D eigenvalue weighted by Crippen LogP contribution is -2.47. The van der Waals surface area contributed by atoms with E-state index in [4.69, 9.17) is 4.99 Å². The highest BCUT2D eigenvalue weighted by Gasteiger charge is 2.30. The smallest absolute Gasteiger partial charge is 0.140 e. The van der Waals surface area contributed by atoms with Crippen LogP contribution in [-0.4, -0.2) is 48.9 Å². The van der Waals surface area contributed by atoms with Crippen molar-refractivity contribution in [3.8, 4) is 0 Å². The molecule has 3 heterocycles. The summed E-state index contributed by atoms with van der Waals surface area (Å²) >= 11 is 1.77. The Balaban J connectivity index is 1.90. The highest BCUT2D eigenvalue weighted by atomic mass is 32.1. The van der Waals surface area contributed by atoms with Crippen molar-refractivity contribution >= 4 is 33.5 Å². The number of aliphatic imine (C=N–C) groups is 1. The van der Waals surface area contributed by atoms with Gasteiger partial charge >= 0.3 is 0 Å². The second-order valence-electron chi connectivity index (χ2n) is 7.44. The molecule has 26 heavy (non-hydrogen) atoms. The minimum absolute atomic E-state index is 0.252. The van der Waals surface area contributed by atoms with Crippen molar-refractivity contribution < 1.29 is 4.39 Å². The summed E-state index contributed by atoms with van der Waals surface area (Å²) in [6, 6.07) is 4.80. The molecule has 0 radical (unpaired) electrons. The van der Waals surface area contributed by atoms with E-state index in [0.29, 0.717) is 11.6 Å². The molecule has 0 spiro atoms. The molecule has 0 bridgehead atoms. The molecule has 2 aliphatic rings. The number of nitrogens with one attached hydrogen (secondary N) is 1. The molecule has 1 N–H and O–H groups in total. The summed E-state index contributed by atoms with van der Waals surface area (Å²) in [5.41, 5.74) is 4.09. The van der Waals surface area contributed by atoms with E-state index in [0.717, 1.165) is 42.7 Å². The number of aryl methyl sites for hydroxylation is 1. The Kier molecular flexibility index (Phi) is 4.49. The highest BCUT2D eigenvalue weighted by molar-refractivity contribution is 7.16. The number of hydrogen-bond acceptors (Lipinski definition) is 5. The molecule has 1 aromatic carbocycles. The summed E-state index contributed by atoms with van der Waals surface area (Å²) < 4.78 is 13.9. The molecule has 0 aliphatic carbocycles. The largest absolute Gasteiger partial charge is 0.353 e. The maximum Gasteiger partial charge on any atom is 0.140 e. The molecule has 1 saturated heterocycles. The maximum atomic E-state index is 13.9. The van der Waals surface area contributed by atoms with E-state index in [2.05, 4.69) is 42.9 Å². The Morgan fingerprint density at radius 3 is 2.62 bits per heavy atom. The van der Waals surface area contributed by atoms with Crippen LogP contribution in [-0.2, 0) is 0 Å². The summed E-state index contributed by atoms with van der Waals surface area (Å²) in [6.45, 7) is 10.5. The lowest BCUT2D eigenvalue weighted by atomic mass is 9.97. The second-order valence-corrected chi connectivity index (χ2v) is 8.67.